The topological polar surface area (TPSA) is 69.3 Å². The number of likely N-dealkylation sites (tertiary alicyclic amines) is 9. The molecule has 0 bridgehead atoms. The van der Waals surface area contributed by atoms with Crippen molar-refractivity contribution in [3.05, 3.63) is 0 Å². The predicted octanol–water partition coefficient (Wildman–Crippen LogP) is 24.9. The fourth-order valence-corrected chi connectivity index (χ4v) is 22.1. The molecule has 15 atom stereocenters. The minimum Gasteiger partial charge on any atom is -0.380 e. The molecular weight excluding hydrogens is 1560 g/mol. The molecule has 125 heavy (non-hydrogen) atoms. The van der Waals surface area contributed by atoms with E-state index in [1.165, 1.54) is 161 Å². The van der Waals surface area contributed by atoms with Crippen molar-refractivity contribution in [3.63, 3.8) is 0 Å². The average Bonchev–Trinajstić information content (AvgIpc) is 1.71. The molecule has 11 rings (SSSR count). The van der Waals surface area contributed by atoms with Gasteiger partial charge in [0.2, 0.25) is 0 Å². The van der Waals surface area contributed by atoms with Gasteiger partial charge in [0.1, 0.15) is 6.67 Å². The van der Waals surface area contributed by atoms with Crippen molar-refractivity contribution >= 4 is 0 Å². The van der Waals surface area contributed by atoms with Crippen LogP contribution in [-0.2, 0) is 18.9 Å². The van der Waals surface area contributed by atoms with Gasteiger partial charge < -0.3 is 43.4 Å². The van der Waals surface area contributed by atoms with Gasteiger partial charge in [-0.2, -0.15) is 0 Å². The molecule has 11 fully saturated rings. The highest BCUT2D eigenvalue weighted by molar-refractivity contribution is 5.06. The van der Waals surface area contributed by atoms with E-state index in [-0.39, 0.29) is 24.2 Å². The minimum absolute atomic E-state index is 0.0409. The molecule has 0 aromatic carbocycles. The Kier molecular flexibility index (Phi) is 53.4. The number of alkyl halides is 3. The third kappa shape index (κ3) is 50.6. The van der Waals surface area contributed by atoms with Crippen LogP contribution in [0.15, 0.2) is 0 Å². The highest BCUT2D eigenvalue weighted by atomic mass is 19.3. The standard InChI is InChI=1S/C12H23NO.C12H25N.C11H21F2N.C11H22FN.2C11H23NO.C11H21N.C11H23N.C10H21NO.C8H19N/c1-12(2,3)7-10-5-4-6-13(10)11-8-14-9-11;1-10(2)13-8-6-7-11(13)9-12(3,4)5;1-11(2,3)7-9-5-4-6-14(9)8-10(12)13;1-11(2,3)9-10-5-4-7-13(10)8-6-12;1-10(2,3)8-11(4)9(13-6)7-12(11)5;1-11(2,3)7-9-6-10(13-5)8-12(9)4;1-11(2,3)6-10-9-5-8(9)7-12(10)4;1-5-12-8-6-7-10(12)9-11(2,3)4;1-8(2)5-9-6-10(12-4)7-11(9)3;1-7(2)6-8(3)9(4)5/h10-11H,4-9H2,1-3H3;10-11H,6-9H2,1-5H3;9-10H,4-8H2,1-3H3;10H,4-9H2,1-3H3;9H,7-8H2,1-6H3;9-10H,6-8H2,1-5H3;8-10H,5-7H2,1-4H3;10H,5-9H2,1-4H3;8-10H,5-7H2,1-4H3;7-8H,6H2,1-5H3/t10-;11-;9-;10-;;9-,10-;;10-;9-,10-;8-/m0000.0.011/s1. The second kappa shape index (κ2) is 55.4. The number of rotatable bonds is 23. The van der Waals surface area contributed by atoms with Crippen LogP contribution >= 0.6 is 0 Å². The number of hydrogen-bond donors (Lipinski definition) is 0. The molecule has 1 aliphatic carbocycles. The zero-order valence-electron chi connectivity index (χ0n) is 91.6. The Morgan fingerprint density at radius 1 is 0.448 bits per heavy atom. The molecule has 5 unspecified atom stereocenters. The molecule has 14 nitrogen and oxygen atoms in total. The molecule has 0 radical (unpaired) electrons. The van der Waals surface area contributed by atoms with Crippen molar-refractivity contribution in [3.8, 4) is 0 Å². The normalized spacial score (nSPS) is 29.2. The summed E-state index contributed by atoms with van der Waals surface area (Å²) in [5, 5.41) is 0. The van der Waals surface area contributed by atoms with Gasteiger partial charge in [-0.1, -0.05) is 201 Å². The van der Waals surface area contributed by atoms with E-state index in [9.17, 15) is 13.2 Å². The summed E-state index contributed by atoms with van der Waals surface area (Å²) in [5.74, 6) is 3.76. The number of methoxy groups -OCH3 is 3. The molecule has 0 amide bonds. The molecule has 11 aliphatic rings. The Bertz CT molecular complexity index is 2740. The number of fused-ring (bicyclic) bond motifs is 1. The van der Waals surface area contributed by atoms with E-state index < -0.39 is 6.43 Å². The van der Waals surface area contributed by atoms with Gasteiger partial charge in [0, 0.05) is 120 Å². The average molecular weight is 1780 g/mol. The van der Waals surface area contributed by atoms with Gasteiger partial charge in [-0.3, -0.25) is 24.5 Å². The first kappa shape index (κ1) is 120. The van der Waals surface area contributed by atoms with Crippen molar-refractivity contribution < 1.29 is 32.1 Å². The predicted molar refractivity (Wildman–Crippen MR) is 539 cm³/mol. The molecule has 10 saturated heterocycles. The third-order valence-corrected chi connectivity index (χ3v) is 28.3. The molecule has 0 spiro atoms. The number of piperidine rings is 1. The van der Waals surface area contributed by atoms with Crippen molar-refractivity contribution in [1.29, 1.82) is 0 Å². The van der Waals surface area contributed by atoms with Gasteiger partial charge in [0.25, 0.3) is 6.43 Å². The van der Waals surface area contributed by atoms with Crippen LogP contribution in [0, 0.1) is 67.0 Å². The zero-order chi connectivity index (χ0) is 95.9. The summed E-state index contributed by atoms with van der Waals surface area (Å²) in [4.78, 5) is 24.3. The second-order valence-corrected chi connectivity index (χ2v) is 52.6. The maximum Gasteiger partial charge on any atom is 0.251 e. The van der Waals surface area contributed by atoms with Crippen LogP contribution in [0.4, 0.5) is 13.2 Å². The Labute approximate surface area is 778 Å². The first-order chi connectivity index (χ1) is 57.3. The SMILES string of the molecule is CC(C)(C)C[C@@H]1CCCN1C1COC1.CC(C)(C)C[C@@H]1CCCN1CC(F)F.CC(C)(C)C[C@@H]1CCCN1CCF.CC(C)C[C@@H](C)N(C)C.CC(C)N1CCC[C@H]1CC(C)(C)C.CCN1CCC[C@H]1CC(C)(C)C.CN1CC2CC2C1CC(C)(C)C.COC1CN(C)C1(C)CC(C)(C)C.CO[C@@H]1C[C@@H](CC(C)C)N(C)C1.CO[C@H]1C[C@@H](CC(C)(C)C)N(C)C1. The van der Waals surface area contributed by atoms with Crippen LogP contribution in [0.3, 0.4) is 0 Å². The van der Waals surface area contributed by atoms with E-state index in [4.69, 9.17) is 18.9 Å². The van der Waals surface area contributed by atoms with Crippen molar-refractivity contribution in [2.75, 3.05) is 162 Å². The highest BCUT2D eigenvalue weighted by Crippen LogP contribution is 2.52. The number of likely N-dealkylation sites (N-methyl/N-ethyl adjacent to an activating group) is 3. The lowest BCUT2D eigenvalue weighted by atomic mass is 9.72. The van der Waals surface area contributed by atoms with E-state index in [2.05, 4.69) is 315 Å². The molecule has 0 N–H and O–H groups in total. The Morgan fingerprint density at radius 3 is 1.22 bits per heavy atom. The number of nitrogens with zero attached hydrogens (tertiary/aromatic N) is 10. The maximum atomic E-state index is 12.3. The maximum absolute atomic E-state index is 12.3. The van der Waals surface area contributed by atoms with Gasteiger partial charge in [-0.25, -0.2) is 13.2 Å². The Morgan fingerprint density at radius 2 is 0.856 bits per heavy atom. The Hall–Kier alpha value is -0.770. The van der Waals surface area contributed by atoms with Crippen LogP contribution in [0.2, 0.25) is 0 Å². The van der Waals surface area contributed by atoms with Crippen LogP contribution in [-0.4, -0.2) is 308 Å². The largest absolute Gasteiger partial charge is 0.380 e. The van der Waals surface area contributed by atoms with Gasteiger partial charge in [0.05, 0.1) is 44.1 Å². The van der Waals surface area contributed by atoms with Gasteiger partial charge >= 0.3 is 0 Å². The molecule has 0 aromatic rings. The number of halogens is 3. The van der Waals surface area contributed by atoms with Crippen molar-refractivity contribution in [1.82, 2.24) is 49.0 Å². The van der Waals surface area contributed by atoms with E-state index in [1.54, 1.807) is 0 Å². The lowest BCUT2D eigenvalue weighted by Gasteiger charge is -2.56. The number of ether oxygens (including phenoxy) is 4. The quantitative estimate of drug-likeness (QED) is 0.0975. The monoisotopic (exact) mass is 1780 g/mol. The first-order valence-corrected chi connectivity index (χ1v) is 51.5. The Balaban J connectivity index is 0.000000471. The van der Waals surface area contributed by atoms with E-state index in [0.29, 0.717) is 80.9 Å². The number of hydrogen-bond acceptors (Lipinski definition) is 14. The van der Waals surface area contributed by atoms with Crippen molar-refractivity contribution in [2.24, 2.45) is 67.0 Å². The fourth-order valence-electron chi connectivity index (χ4n) is 22.1. The summed E-state index contributed by atoms with van der Waals surface area (Å²) in [6, 6.07) is 8.11. The minimum atomic E-state index is -2.18. The lowest BCUT2D eigenvalue weighted by Crippen LogP contribution is -2.69. The molecular formula is C108H221F3N10O4. The second-order valence-electron chi connectivity index (χ2n) is 52.6. The summed E-state index contributed by atoms with van der Waals surface area (Å²) in [6.45, 7) is 90.0. The summed E-state index contributed by atoms with van der Waals surface area (Å²) in [7, 11) is 18.6. The van der Waals surface area contributed by atoms with Gasteiger partial charge in [0.15, 0.2) is 0 Å². The molecule has 10 heterocycles. The molecule has 1 saturated carbocycles. The fraction of sp³-hybridized carbons (Fsp3) is 1.00. The highest BCUT2D eigenvalue weighted by Gasteiger charge is 2.52. The van der Waals surface area contributed by atoms with E-state index in [0.717, 1.165) is 137 Å². The summed E-state index contributed by atoms with van der Waals surface area (Å²) < 4.78 is 58.2. The van der Waals surface area contributed by atoms with Crippen LogP contribution in [0.5, 0.6) is 0 Å². The van der Waals surface area contributed by atoms with Crippen LogP contribution in [0.25, 0.3) is 0 Å². The van der Waals surface area contributed by atoms with Crippen LogP contribution in [0.1, 0.15) is 376 Å². The first-order valence-electron chi connectivity index (χ1n) is 51.5. The lowest BCUT2D eigenvalue weighted by molar-refractivity contribution is -0.146. The van der Waals surface area contributed by atoms with E-state index >= 15 is 0 Å². The van der Waals surface area contributed by atoms with Gasteiger partial charge in [-0.15, -0.1) is 0 Å². The van der Waals surface area contributed by atoms with E-state index in [1.807, 2.05) is 26.2 Å². The molecule has 0 aromatic heterocycles. The third-order valence-electron chi connectivity index (χ3n) is 28.3. The zero-order valence-corrected chi connectivity index (χ0v) is 91.6. The summed E-state index contributed by atoms with van der Waals surface area (Å²) >= 11 is 0. The molecule has 10 aliphatic heterocycles. The summed E-state index contributed by atoms with van der Waals surface area (Å²) in [6.07, 6.45) is 28.9. The summed E-state index contributed by atoms with van der Waals surface area (Å²) in [5.41, 5.74) is 3.65. The van der Waals surface area contributed by atoms with Crippen LogP contribution < -0.4 is 0 Å². The van der Waals surface area contributed by atoms with Gasteiger partial charge in [-0.05, 0) is 324 Å². The smallest absolute Gasteiger partial charge is 0.251 e. The molecule has 17 heteroatoms. The van der Waals surface area contributed by atoms with Crippen molar-refractivity contribution in [2.45, 2.75) is 473 Å². The molecule has 748 valence electrons.